The topological polar surface area (TPSA) is 56.7 Å². The van der Waals surface area contributed by atoms with E-state index in [9.17, 15) is 4.39 Å². The molecule has 0 aliphatic heterocycles. The van der Waals surface area contributed by atoms with Gasteiger partial charge in [-0.15, -0.1) is 0 Å². The van der Waals surface area contributed by atoms with E-state index in [4.69, 9.17) is 5.73 Å². The maximum atomic E-state index is 12.8. The third-order valence-electron chi connectivity index (χ3n) is 2.64. The molecule has 0 aliphatic rings. The van der Waals surface area contributed by atoms with E-state index in [1.165, 1.54) is 12.3 Å². The summed E-state index contributed by atoms with van der Waals surface area (Å²) >= 11 is 3.43. The van der Waals surface area contributed by atoms with Crippen LogP contribution in [0.2, 0.25) is 0 Å². The fourth-order valence-corrected chi connectivity index (χ4v) is 2.28. The smallest absolute Gasteiger partial charge is 0.141 e. The molecule has 2 aromatic heterocycles. The standard InChI is InChI=1S/C12H14BrFN4/c1-7(2)18-12(9(13)6-17-18)11(15)10-4-3-8(14)5-16-10/h3-7,11H,15H2,1-2H3. The Morgan fingerprint density at radius 1 is 1.33 bits per heavy atom. The molecule has 0 spiro atoms. The van der Waals surface area contributed by atoms with Crippen molar-refractivity contribution >= 4 is 15.9 Å². The lowest BCUT2D eigenvalue weighted by Crippen LogP contribution is -2.20. The van der Waals surface area contributed by atoms with Gasteiger partial charge < -0.3 is 5.73 Å². The summed E-state index contributed by atoms with van der Waals surface area (Å²) in [5.74, 6) is -0.373. The molecular formula is C12H14BrFN4. The van der Waals surface area contributed by atoms with E-state index < -0.39 is 6.04 Å². The van der Waals surface area contributed by atoms with Crippen LogP contribution in [0.15, 0.2) is 29.0 Å². The van der Waals surface area contributed by atoms with Crippen LogP contribution in [-0.4, -0.2) is 14.8 Å². The average molecular weight is 313 g/mol. The molecule has 4 nitrogen and oxygen atoms in total. The second kappa shape index (κ2) is 5.16. The highest BCUT2D eigenvalue weighted by Crippen LogP contribution is 2.27. The molecule has 2 aromatic rings. The zero-order chi connectivity index (χ0) is 13.3. The Bertz CT molecular complexity index is 536. The molecule has 96 valence electrons. The third kappa shape index (κ3) is 2.44. The summed E-state index contributed by atoms with van der Waals surface area (Å²) in [6.45, 7) is 4.04. The number of halogens is 2. The largest absolute Gasteiger partial charge is 0.318 e. The summed E-state index contributed by atoms with van der Waals surface area (Å²) in [6, 6.07) is 2.69. The van der Waals surface area contributed by atoms with Gasteiger partial charge in [-0.2, -0.15) is 5.10 Å². The summed E-state index contributed by atoms with van der Waals surface area (Å²) in [6.07, 6.45) is 2.87. The molecule has 6 heteroatoms. The van der Waals surface area contributed by atoms with Crippen LogP contribution in [0, 0.1) is 5.82 Å². The Hall–Kier alpha value is -1.27. The van der Waals surface area contributed by atoms with Crippen molar-refractivity contribution in [2.24, 2.45) is 5.73 Å². The van der Waals surface area contributed by atoms with Gasteiger partial charge in [-0.25, -0.2) is 4.39 Å². The van der Waals surface area contributed by atoms with E-state index in [0.29, 0.717) is 5.69 Å². The van der Waals surface area contributed by atoms with Gasteiger partial charge in [-0.05, 0) is 41.9 Å². The highest BCUT2D eigenvalue weighted by atomic mass is 79.9. The second-order valence-corrected chi connectivity index (χ2v) is 5.15. The summed E-state index contributed by atoms with van der Waals surface area (Å²) in [5, 5.41) is 4.27. The molecule has 0 saturated carbocycles. The first-order chi connectivity index (χ1) is 8.50. The van der Waals surface area contributed by atoms with Gasteiger partial charge in [-0.1, -0.05) is 0 Å². The molecule has 2 N–H and O–H groups in total. The van der Waals surface area contributed by atoms with Crippen LogP contribution < -0.4 is 5.73 Å². The van der Waals surface area contributed by atoms with Crippen LogP contribution in [0.3, 0.4) is 0 Å². The summed E-state index contributed by atoms with van der Waals surface area (Å²) < 4.78 is 15.5. The van der Waals surface area contributed by atoms with Crippen molar-refractivity contribution in [3.05, 3.63) is 46.2 Å². The lowest BCUT2D eigenvalue weighted by Gasteiger charge is -2.17. The first-order valence-corrected chi connectivity index (χ1v) is 6.40. The fourth-order valence-electron chi connectivity index (χ4n) is 1.76. The maximum absolute atomic E-state index is 12.8. The van der Waals surface area contributed by atoms with Crippen molar-refractivity contribution in [2.75, 3.05) is 0 Å². The number of hydrogen-bond acceptors (Lipinski definition) is 3. The SMILES string of the molecule is CC(C)n1ncc(Br)c1C(N)c1ccc(F)cn1. The van der Waals surface area contributed by atoms with E-state index in [-0.39, 0.29) is 11.9 Å². The first-order valence-electron chi connectivity index (χ1n) is 5.60. The van der Waals surface area contributed by atoms with Crippen LogP contribution in [-0.2, 0) is 0 Å². The molecule has 0 aliphatic carbocycles. The zero-order valence-corrected chi connectivity index (χ0v) is 11.7. The minimum atomic E-state index is -0.440. The predicted molar refractivity (Wildman–Crippen MR) is 70.5 cm³/mol. The van der Waals surface area contributed by atoms with Crippen molar-refractivity contribution in [1.29, 1.82) is 0 Å². The minimum absolute atomic E-state index is 0.192. The Kier molecular flexibility index (Phi) is 3.77. The van der Waals surface area contributed by atoms with E-state index in [1.54, 1.807) is 12.3 Å². The molecule has 18 heavy (non-hydrogen) atoms. The van der Waals surface area contributed by atoms with Crippen LogP contribution in [0.25, 0.3) is 0 Å². The molecule has 0 amide bonds. The highest BCUT2D eigenvalue weighted by Gasteiger charge is 2.20. The van der Waals surface area contributed by atoms with Crippen molar-refractivity contribution < 1.29 is 4.39 Å². The Balaban J connectivity index is 2.42. The van der Waals surface area contributed by atoms with Gasteiger partial charge in [-0.3, -0.25) is 9.67 Å². The Labute approximate surface area is 113 Å². The summed E-state index contributed by atoms with van der Waals surface area (Å²) in [7, 11) is 0. The Morgan fingerprint density at radius 2 is 2.06 bits per heavy atom. The molecule has 2 heterocycles. The van der Waals surface area contributed by atoms with Crippen LogP contribution in [0.5, 0.6) is 0 Å². The maximum Gasteiger partial charge on any atom is 0.141 e. The minimum Gasteiger partial charge on any atom is -0.318 e. The van der Waals surface area contributed by atoms with E-state index in [1.807, 2.05) is 18.5 Å². The van der Waals surface area contributed by atoms with Crippen molar-refractivity contribution in [3.8, 4) is 0 Å². The monoisotopic (exact) mass is 312 g/mol. The molecule has 0 bridgehead atoms. The van der Waals surface area contributed by atoms with Gasteiger partial charge in [0.05, 0.1) is 34.3 Å². The number of pyridine rings is 1. The molecule has 0 saturated heterocycles. The summed E-state index contributed by atoms with van der Waals surface area (Å²) in [4.78, 5) is 4.01. The predicted octanol–water partition coefficient (Wildman–Crippen LogP) is 2.81. The number of aromatic nitrogens is 3. The van der Waals surface area contributed by atoms with Crippen molar-refractivity contribution in [1.82, 2.24) is 14.8 Å². The number of nitrogens with two attached hydrogens (primary N) is 1. The average Bonchev–Trinajstić information content (AvgIpc) is 2.71. The number of rotatable bonds is 3. The van der Waals surface area contributed by atoms with Gasteiger partial charge in [0, 0.05) is 6.04 Å². The zero-order valence-electron chi connectivity index (χ0n) is 10.1. The van der Waals surface area contributed by atoms with E-state index in [2.05, 4.69) is 26.0 Å². The third-order valence-corrected chi connectivity index (χ3v) is 3.25. The Morgan fingerprint density at radius 3 is 2.61 bits per heavy atom. The van der Waals surface area contributed by atoms with Gasteiger partial charge in [0.15, 0.2) is 0 Å². The van der Waals surface area contributed by atoms with Crippen LogP contribution >= 0.6 is 15.9 Å². The van der Waals surface area contributed by atoms with E-state index in [0.717, 1.165) is 10.2 Å². The van der Waals surface area contributed by atoms with E-state index >= 15 is 0 Å². The molecule has 1 atom stereocenters. The lowest BCUT2D eigenvalue weighted by atomic mass is 10.1. The highest BCUT2D eigenvalue weighted by molar-refractivity contribution is 9.10. The van der Waals surface area contributed by atoms with Crippen LogP contribution in [0.4, 0.5) is 4.39 Å². The molecule has 0 radical (unpaired) electrons. The normalized spacial score (nSPS) is 13.0. The van der Waals surface area contributed by atoms with Crippen molar-refractivity contribution in [3.63, 3.8) is 0 Å². The number of hydrogen-bond donors (Lipinski definition) is 1. The molecule has 1 unspecified atom stereocenters. The molecule has 0 fully saturated rings. The van der Waals surface area contributed by atoms with Crippen LogP contribution in [0.1, 0.15) is 37.3 Å². The van der Waals surface area contributed by atoms with Gasteiger partial charge in [0.25, 0.3) is 0 Å². The second-order valence-electron chi connectivity index (χ2n) is 4.30. The molecular weight excluding hydrogens is 299 g/mol. The summed E-state index contributed by atoms with van der Waals surface area (Å²) in [5.41, 5.74) is 7.62. The number of nitrogens with zero attached hydrogens (tertiary/aromatic N) is 3. The molecule has 2 rings (SSSR count). The first kappa shape index (κ1) is 13.2. The molecule has 0 aromatic carbocycles. The lowest BCUT2D eigenvalue weighted by molar-refractivity contribution is 0.496. The quantitative estimate of drug-likeness (QED) is 0.948. The van der Waals surface area contributed by atoms with Gasteiger partial charge in [0.2, 0.25) is 0 Å². The van der Waals surface area contributed by atoms with Gasteiger partial charge >= 0.3 is 0 Å². The van der Waals surface area contributed by atoms with Gasteiger partial charge in [0.1, 0.15) is 5.82 Å². The fraction of sp³-hybridized carbons (Fsp3) is 0.333. The van der Waals surface area contributed by atoms with Crippen molar-refractivity contribution in [2.45, 2.75) is 25.9 Å².